The normalized spacial score (nSPS) is 26.5. The summed E-state index contributed by atoms with van der Waals surface area (Å²) in [6.07, 6.45) is -0.790. The molecule has 1 N–H and O–H groups in total. The SMILES string of the molecule is CC(O)c1c(F)cccc1N1CC(C)N(C)C(C)C1. The number of halogens is 1. The van der Waals surface area contributed by atoms with Crippen LogP contribution in [-0.4, -0.2) is 42.2 Å². The minimum Gasteiger partial charge on any atom is -0.389 e. The molecule has 1 aromatic rings. The van der Waals surface area contributed by atoms with Gasteiger partial charge in [-0.25, -0.2) is 4.39 Å². The maximum atomic E-state index is 13.9. The highest BCUT2D eigenvalue weighted by Crippen LogP contribution is 2.31. The number of nitrogens with zero attached hydrogens (tertiary/aromatic N) is 2. The molecule has 3 nitrogen and oxygen atoms in total. The molecular formula is C15H23FN2O. The van der Waals surface area contributed by atoms with Gasteiger partial charge in [-0.1, -0.05) is 6.07 Å². The highest BCUT2D eigenvalue weighted by atomic mass is 19.1. The largest absolute Gasteiger partial charge is 0.389 e. The quantitative estimate of drug-likeness (QED) is 0.890. The molecule has 4 heteroatoms. The van der Waals surface area contributed by atoms with Crippen LogP contribution >= 0.6 is 0 Å². The average Bonchev–Trinajstić information content (AvgIpc) is 2.34. The van der Waals surface area contributed by atoms with E-state index < -0.39 is 6.10 Å². The van der Waals surface area contributed by atoms with Crippen LogP contribution in [-0.2, 0) is 0 Å². The molecule has 1 heterocycles. The van der Waals surface area contributed by atoms with E-state index in [0.29, 0.717) is 17.6 Å². The van der Waals surface area contributed by atoms with Gasteiger partial charge < -0.3 is 10.0 Å². The van der Waals surface area contributed by atoms with Crippen molar-refractivity contribution in [2.45, 2.75) is 39.0 Å². The molecular weight excluding hydrogens is 243 g/mol. The first-order valence-electron chi connectivity index (χ1n) is 6.85. The van der Waals surface area contributed by atoms with Crippen molar-refractivity contribution < 1.29 is 9.50 Å². The maximum absolute atomic E-state index is 13.9. The fourth-order valence-corrected chi connectivity index (χ4v) is 2.82. The summed E-state index contributed by atoms with van der Waals surface area (Å²) in [5.74, 6) is -0.327. The van der Waals surface area contributed by atoms with Crippen LogP contribution in [0, 0.1) is 5.82 Å². The van der Waals surface area contributed by atoms with Crippen LogP contribution in [0.5, 0.6) is 0 Å². The number of benzene rings is 1. The van der Waals surface area contributed by atoms with Crippen molar-refractivity contribution in [3.8, 4) is 0 Å². The first kappa shape index (κ1) is 14.3. The molecule has 3 atom stereocenters. The van der Waals surface area contributed by atoms with Crippen molar-refractivity contribution in [1.82, 2.24) is 4.90 Å². The van der Waals surface area contributed by atoms with E-state index >= 15 is 0 Å². The fraction of sp³-hybridized carbons (Fsp3) is 0.600. The fourth-order valence-electron chi connectivity index (χ4n) is 2.82. The molecule has 1 fully saturated rings. The number of anilines is 1. The second-order valence-electron chi connectivity index (χ2n) is 5.62. The Morgan fingerprint density at radius 3 is 2.37 bits per heavy atom. The molecule has 1 aromatic carbocycles. The number of hydrogen-bond acceptors (Lipinski definition) is 3. The molecule has 0 aliphatic carbocycles. The first-order valence-corrected chi connectivity index (χ1v) is 6.85. The van der Waals surface area contributed by atoms with Gasteiger partial charge in [0.2, 0.25) is 0 Å². The van der Waals surface area contributed by atoms with Gasteiger partial charge in [0.25, 0.3) is 0 Å². The van der Waals surface area contributed by atoms with Gasteiger partial charge in [0.15, 0.2) is 0 Å². The number of rotatable bonds is 2. The number of aliphatic hydroxyl groups is 1. The Bertz CT molecular complexity index is 438. The molecule has 106 valence electrons. The summed E-state index contributed by atoms with van der Waals surface area (Å²) >= 11 is 0. The minimum atomic E-state index is -0.790. The van der Waals surface area contributed by atoms with Crippen LogP contribution in [0.25, 0.3) is 0 Å². The molecule has 1 saturated heterocycles. The third kappa shape index (κ3) is 2.74. The smallest absolute Gasteiger partial charge is 0.131 e. The van der Waals surface area contributed by atoms with Crippen molar-refractivity contribution in [2.75, 3.05) is 25.0 Å². The first-order chi connectivity index (χ1) is 8.91. The van der Waals surface area contributed by atoms with E-state index in [0.717, 1.165) is 18.8 Å². The lowest BCUT2D eigenvalue weighted by Gasteiger charge is -2.44. The molecule has 0 spiro atoms. The maximum Gasteiger partial charge on any atom is 0.131 e. The number of piperazine rings is 1. The predicted octanol–water partition coefficient (Wildman–Crippen LogP) is 2.41. The zero-order valence-electron chi connectivity index (χ0n) is 12.1. The van der Waals surface area contributed by atoms with Crippen molar-refractivity contribution in [1.29, 1.82) is 0 Å². The van der Waals surface area contributed by atoms with Crippen LogP contribution in [0.15, 0.2) is 18.2 Å². The second-order valence-corrected chi connectivity index (χ2v) is 5.62. The highest BCUT2D eigenvalue weighted by molar-refractivity contribution is 5.55. The van der Waals surface area contributed by atoms with Crippen LogP contribution in [0.2, 0.25) is 0 Å². The third-order valence-corrected chi connectivity index (χ3v) is 4.15. The predicted molar refractivity (Wildman–Crippen MR) is 75.9 cm³/mol. The molecule has 0 radical (unpaired) electrons. The second kappa shape index (κ2) is 5.47. The lowest BCUT2D eigenvalue weighted by atomic mass is 10.0. The van der Waals surface area contributed by atoms with Gasteiger partial charge in [-0.2, -0.15) is 0 Å². The molecule has 0 aromatic heterocycles. The Balaban J connectivity index is 2.35. The van der Waals surface area contributed by atoms with Crippen molar-refractivity contribution in [2.24, 2.45) is 0 Å². The standard InChI is InChI=1S/C15H23FN2O/c1-10-8-18(9-11(2)17(10)4)14-7-5-6-13(16)15(14)12(3)19/h5-7,10-12,19H,8-9H2,1-4H3. The monoisotopic (exact) mass is 266 g/mol. The van der Waals surface area contributed by atoms with Gasteiger partial charge in [0.1, 0.15) is 5.82 Å². The number of hydrogen-bond donors (Lipinski definition) is 1. The van der Waals surface area contributed by atoms with Crippen molar-refractivity contribution in [3.05, 3.63) is 29.6 Å². The van der Waals surface area contributed by atoms with E-state index in [9.17, 15) is 9.50 Å². The Morgan fingerprint density at radius 2 is 1.84 bits per heavy atom. The van der Waals surface area contributed by atoms with E-state index in [1.807, 2.05) is 6.07 Å². The van der Waals surface area contributed by atoms with Crippen LogP contribution in [0.1, 0.15) is 32.4 Å². The molecule has 3 unspecified atom stereocenters. The zero-order valence-corrected chi connectivity index (χ0v) is 12.1. The van der Waals surface area contributed by atoms with Gasteiger partial charge in [-0.3, -0.25) is 4.90 Å². The summed E-state index contributed by atoms with van der Waals surface area (Å²) in [7, 11) is 2.12. The average molecular weight is 266 g/mol. The summed E-state index contributed by atoms with van der Waals surface area (Å²) in [5, 5.41) is 9.82. The highest BCUT2D eigenvalue weighted by Gasteiger charge is 2.28. The van der Waals surface area contributed by atoms with Gasteiger partial charge in [-0.05, 0) is 40.0 Å². The molecule has 0 amide bonds. The topological polar surface area (TPSA) is 26.7 Å². The Hall–Kier alpha value is -1.13. The summed E-state index contributed by atoms with van der Waals surface area (Å²) < 4.78 is 13.9. The molecule has 0 saturated carbocycles. The van der Waals surface area contributed by atoms with Crippen LogP contribution in [0.3, 0.4) is 0 Å². The van der Waals surface area contributed by atoms with E-state index in [4.69, 9.17) is 0 Å². The number of aliphatic hydroxyl groups excluding tert-OH is 1. The van der Waals surface area contributed by atoms with Gasteiger partial charge in [-0.15, -0.1) is 0 Å². The molecule has 1 aliphatic rings. The molecule has 0 bridgehead atoms. The van der Waals surface area contributed by atoms with Gasteiger partial charge >= 0.3 is 0 Å². The lowest BCUT2D eigenvalue weighted by molar-refractivity contribution is 0.167. The third-order valence-electron chi connectivity index (χ3n) is 4.15. The van der Waals surface area contributed by atoms with Gasteiger partial charge in [0, 0.05) is 36.4 Å². The van der Waals surface area contributed by atoms with Crippen LogP contribution in [0.4, 0.5) is 10.1 Å². The van der Waals surface area contributed by atoms with E-state index in [1.165, 1.54) is 6.07 Å². The molecule has 2 rings (SSSR count). The molecule has 19 heavy (non-hydrogen) atoms. The molecule has 1 aliphatic heterocycles. The summed E-state index contributed by atoms with van der Waals surface area (Å²) in [6.45, 7) is 7.66. The van der Waals surface area contributed by atoms with E-state index in [2.05, 4.69) is 30.7 Å². The van der Waals surface area contributed by atoms with E-state index in [1.54, 1.807) is 13.0 Å². The Morgan fingerprint density at radius 1 is 1.26 bits per heavy atom. The van der Waals surface area contributed by atoms with Crippen LogP contribution < -0.4 is 4.90 Å². The van der Waals surface area contributed by atoms with Gasteiger partial charge in [0.05, 0.1) is 6.10 Å². The Kier molecular flexibility index (Phi) is 4.11. The number of likely N-dealkylation sites (N-methyl/N-ethyl adjacent to an activating group) is 1. The zero-order chi connectivity index (χ0) is 14.2. The van der Waals surface area contributed by atoms with E-state index in [-0.39, 0.29) is 5.82 Å². The summed E-state index contributed by atoms with van der Waals surface area (Å²) in [4.78, 5) is 4.51. The van der Waals surface area contributed by atoms with Crippen molar-refractivity contribution in [3.63, 3.8) is 0 Å². The Labute approximate surface area is 114 Å². The minimum absolute atomic E-state index is 0.327. The van der Waals surface area contributed by atoms with Crippen molar-refractivity contribution >= 4 is 5.69 Å². The lowest BCUT2D eigenvalue weighted by Crippen LogP contribution is -2.55. The summed E-state index contributed by atoms with van der Waals surface area (Å²) in [6, 6.07) is 5.84. The summed E-state index contributed by atoms with van der Waals surface area (Å²) in [5.41, 5.74) is 1.23.